The zero-order chi connectivity index (χ0) is 11.2. The summed E-state index contributed by atoms with van der Waals surface area (Å²) in [4.78, 5) is 8.78. The number of carboxylic acid groups (broad SMARTS) is 1. The van der Waals surface area contributed by atoms with Crippen LogP contribution >= 0.6 is 0 Å². The molecule has 2 nitrogen and oxygen atoms in total. The summed E-state index contributed by atoms with van der Waals surface area (Å²) in [7, 11) is 0. The predicted octanol–water partition coefficient (Wildman–Crippen LogP) is -2.56. The van der Waals surface area contributed by atoms with E-state index in [9.17, 15) is 13.2 Å². The summed E-state index contributed by atoms with van der Waals surface area (Å²) >= 11 is 2.02. The molecule has 0 amide bonds. The van der Waals surface area contributed by atoms with Gasteiger partial charge in [0.2, 0.25) is 0 Å². The van der Waals surface area contributed by atoms with Crippen LogP contribution in [0.2, 0.25) is 0 Å². The van der Waals surface area contributed by atoms with Crippen molar-refractivity contribution >= 4 is 5.97 Å². The summed E-state index contributed by atoms with van der Waals surface area (Å²) < 4.78 is 32.9. The highest BCUT2D eigenvalue weighted by atomic mass is 127. The molecule has 14 heavy (non-hydrogen) atoms. The molecular formula is C8H6F3IO2. The third-order valence-electron chi connectivity index (χ3n) is 0.975. The van der Waals surface area contributed by atoms with Crippen LogP contribution in [-0.4, -0.2) is 12.1 Å². The number of alkyl halides is 3. The van der Waals surface area contributed by atoms with Gasteiger partial charge in [0.25, 0.3) is 22.6 Å². The van der Waals surface area contributed by atoms with Crippen molar-refractivity contribution in [2.24, 2.45) is 0 Å². The van der Waals surface area contributed by atoms with Gasteiger partial charge in [0.15, 0.2) is 3.57 Å². The molecule has 78 valence electrons. The summed E-state index contributed by atoms with van der Waals surface area (Å²) in [6, 6.07) is 10.3. The molecule has 0 fully saturated rings. The lowest BCUT2D eigenvalue weighted by molar-refractivity contribution is -0.344. The van der Waals surface area contributed by atoms with Crippen LogP contribution < -0.4 is 27.7 Å². The van der Waals surface area contributed by atoms with Gasteiger partial charge in [-0.2, -0.15) is 13.2 Å². The van der Waals surface area contributed by atoms with Crippen LogP contribution in [-0.2, 0) is 4.79 Å². The molecule has 1 aromatic rings. The maximum absolute atomic E-state index is 10.5. The molecule has 0 aromatic heterocycles. The molecule has 0 bridgehead atoms. The van der Waals surface area contributed by atoms with Crippen molar-refractivity contribution in [2.45, 2.75) is 6.18 Å². The SMILES string of the molecule is O=C([O-])C(F)(F)F.[IH+]c1ccccc1. The lowest BCUT2D eigenvalue weighted by Crippen LogP contribution is -3.34. The van der Waals surface area contributed by atoms with Crippen molar-refractivity contribution in [1.29, 1.82) is 0 Å². The van der Waals surface area contributed by atoms with E-state index in [4.69, 9.17) is 9.90 Å². The fourth-order valence-corrected chi connectivity index (χ4v) is 0.869. The van der Waals surface area contributed by atoms with Gasteiger partial charge in [-0.05, 0) is 12.1 Å². The number of carbonyl (C=O) groups is 1. The van der Waals surface area contributed by atoms with E-state index in [-0.39, 0.29) is 0 Å². The summed E-state index contributed by atoms with van der Waals surface area (Å²) in [5.74, 6) is -3.01. The number of hydrogen-bond acceptors (Lipinski definition) is 2. The molecule has 0 saturated carbocycles. The van der Waals surface area contributed by atoms with Crippen molar-refractivity contribution in [3.63, 3.8) is 0 Å². The zero-order valence-electron chi connectivity index (χ0n) is 6.75. The van der Waals surface area contributed by atoms with Gasteiger partial charge < -0.3 is 9.90 Å². The quantitative estimate of drug-likeness (QED) is 0.494. The number of hydrogen-bond donors (Lipinski definition) is 0. The Kier molecular flexibility index (Phi) is 5.51. The Labute approximate surface area is 91.9 Å². The molecule has 0 unspecified atom stereocenters. The smallest absolute Gasteiger partial charge is 0.430 e. The highest BCUT2D eigenvalue weighted by Crippen LogP contribution is 2.11. The minimum Gasteiger partial charge on any atom is -0.542 e. The second-order valence-electron chi connectivity index (χ2n) is 2.10. The van der Waals surface area contributed by atoms with Crippen LogP contribution in [0.25, 0.3) is 0 Å². The van der Waals surface area contributed by atoms with Gasteiger partial charge >= 0.3 is 6.18 Å². The van der Waals surface area contributed by atoms with Crippen LogP contribution in [0, 0.1) is 3.57 Å². The van der Waals surface area contributed by atoms with Gasteiger partial charge in [0.1, 0.15) is 5.97 Å². The van der Waals surface area contributed by atoms with Crippen molar-refractivity contribution < 1.29 is 45.7 Å². The topological polar surface area (TPSA) is 40.1 Å². The van der Waals surface area contributed by atoms with Crippen LogP contribution in [0.3, 0.4) is 0 Å². The Morgan fingerprint density at radius 3 is 1.71 bits per heavy atom. The average molecular weight is 318 g/mol. The third kappa shape index (κ3) is 6.70. The average Bonchev–Trinajstić information content (AvgIpc) is 2.04. The summed E-state index contributed by atoms with van der Waals surface area (Å²) in [5.41, 5.74) is 0. The number of aliphatic carboxylic acids is 1. The Bertz CT molecular complexity index is 284. The summed E-state index contributed by atoms with van der Waals surface area (Å²) in [6.07, 6.45) is -5.19. The van der Waals surface area contributed by atoms with E-state index in [1.54, 1.807) is 0 Å². The number of benzene rings is 1. The normalized spacial score (nSPS) is 10.0. The van der Waals surface area contributed by atoms with Gasteiger partial charge in [-0.1, -0.05) is 18.2 Å². The zero-order valence-corrected chi connectivity index (χ0v) is 9.08. The highest BCUT2D eigenvalue weighted by Gasteiger charge is 2.28. The van der Waals surface area contributed by atoms with E-state index >= 15 is 0 Å². The molecule has 6 heteroatoms. The lowest BCUT2D eigenvalue weighted by atomic mass is 10.4. The van der Waals surface area contributed by atoms with Crippen LogP contribution in [0.5, 0.6) is 0 Å². The molecule has 0 aliphatic heterocycles. The van der Waals surface area contributed by atoms with Gasteiger partial charge in [-0.3, -0.25) is 0 Å². The summed E-state index contributed by atoms with van der Waals surface area (Å²) in [6.45, 7) is 0. The monoisotopic (exact) mass is 318 g/mol. The second-order valence-corrected chi connectivity index (χ2v) is 3.44. The van der Waals surface area contributed by atoms with E-state index in [0.717, 1.165) is 0 Å². The lowest BCUT2D eigenvalue weighted by Gasteiger charge is -2.03. The van der Waals surface area contributed by atoms with Gasteiger partial charge in [-0.25, -0.2) is 0 Å². The number of halogens is 4. The maximum atomic E-state index is 10.5. The molecule has 0 atom stereocenters. The molecule has 1 rings (SSSR count). The first-order chi connectivity index (χ1) is 6.34. The fraction of sp³-hybridized carbons (Fsp3) is 0.125. The Morgan fingerprint density at radius 1 is 1.21 bits per heavy atom. The first-order valence-corrected chi connectivity index (χ1v) is 4.51. The molecule has 1 aromatic carbocycles. The molecule has 0 radical (unpaired) electrons. The molecule has 0 aliphatic carbocycles. The van der Waals surface area contributed by atoms with Crippen LogP contribution in [0.4, 0.5) is 13.2 Å². The molecule has 0 saturated heterocycles. The van der Waals surface area contributed by atoms with E-state index < -0.39 is 12.1 Å². The van der Waals surface area contributed by atoms with E-state index in [0.29, 0.717) is 0 Å². The van der Waals surface area contributed by atoms with E-state index in [1.165, 1.54) is 3.57 Å². The third-order valence-corrected chi connectivity index (χ3v) is 1.75. The van der Waals surface area contributed by atoms with E-state index in [2.05, 4.69) is 12.1 Å². The molecule has 0 spiro atoms. The molecule has 0 aliphatic rings. The van der Waals surface area contributed by atoms with Crippen LogP contribution in [0.15, 0.2) is 30.3 Å². The minimum atomic E-state index is -5.19. The standard InChI is InChI=1S/C6H6I.C2HF3O2/c7-6-4-2-1-3-5-6;3-2(4,5)1(6)7/h1-5,7H;(H,6,7)/q+1;/p-1. The first kappa shape index (κ1) is 13.2. The Hall–Kier alpha value is -0.790. The van der Waals surface area contributed by atoms with Crippen molar-refractivity contribution in [3.8, 4) is 0 Å². The second kappa shape index (κ2) is 5.84. The number of carboxylic acids is 1. The Balaban J connectivity index is 0.000000241. The van der Waals surface area contributed by atoms with Crippen molar-refractivity contribution in [2.75, 3.05) is 0 Å². The number of carbonyl (C=O) groups excluding carboxylic acids is 1. The molecule has 0 heterocycles. The molecular weight excluding hydrogens is 312 g/mol. The summed E-state index contributed by atoms with van der Waals surface area (Å²) in [5, 5.41) is 8.78. The number of rotatable bonds is 0. The first-order valence-electron chi connectivity index (χ1n) is 3.34. The van der Waals surface area contributed by atoms with Gasteiger partial charge in [0, 0.05) is 0 Å². The fourth-order valence-electron chi connectivity index (χ4n) is 0.420. The van der Waals surface area contributed by atoms with Crippen LogP contribution in [0.1, 0.15) is 0 Å². The van der Waals surface area contributed by atoms with Crippen molar-refractivity contribution in [3.05, 3.63) is 33.9 Å². The molecule has 0 N–H and O–H groups in total. The largest absolute Gasteiger partial charge is 0.542 e. The van der Waals surface area contributed by atoms with Crippen molar-refractivity contribution in [1.82, 2.24) is 0 Å². The van der Waals surface area contributed by atoms with Gasteiger partial charge in [0.05, 0.1) is 0 Å². The minimum absolute atomic E-state index is 1.33. The van der Waals surface area contributed by atoms with E-state index in [1.807, 2.05) is 40.8 Å². The highest BCUT2D eigenvalue weighted by molar-refractivity contribution is 5.70. The predicted molar refractivity (Wildman–Crippen MR) is 37.6 cm³/mol. The Morgan fingerprint density at radius 2 is 1.57 bits per heavy atom. The maximum Gasteiger partial charge on any atom is 0.430 e. The van der Waals surface area contributed by atoms with Gasteiger partial charge in [-0.15, -0.1) is 0 Å².